The molecule has 5 atom stereocenters. The lowest BCUT2D eigenvalue weighted by atomic mass is 9.64. The highest BCUT2D eigenvalue weighted by molar-refractivity contribution is 6.07. The van der Waals surface area contributed by atoms with Gasteiger partial charge in [0, 0.05) is 56.4 Å². The third-order valence-corrected chi connectivity index (χ3v) is 11.1. The largest absolute Gasteiger partial charge is 0.494 e. The molecule has 3 aliphatic rings. The summed E-state index contributed by atoms with van der Waals surface area (Å²) < 4.78 is 12.7. The van der Waals surface area contributed by atoms with Crippen molar-refractivity contribution in [3.63, 3.8) is 0 Å². The number of aliphatic hydroxyl groups excluding tert-OH is 1. The first-order valence-electron chi connectivity index (χ1n) is 18.7. The van der Waals surface area contributed by atoms with Crippen LogP contribution in [-0.4, -0.2) is 90.9 Å². The molecule has 3 fully saturated rings. The van der Waals surface area contributed by atoms with E-state index in [1.54, 1.807) is 26.9 Å². The van der Waals surface area contributed by atoms with Gasteiger partial charge in [-0.1, -0.05) is 19.1 Å². The van der Waals surface area contributed by atoms with Crippen LogP contribution in [0.15, 0.2) is 73.8 Å². The molecule has 276 valence electrons. The lowest BCUT2D eigenvalue weighted by Crippen LogP contribution is -2.56. The molecule has 3 aliphatic heterocycles. The molecule has 2 aromatic carbocycles. The van der Waals surface area contributed by atoms with Crippen LogP contribution in [0.4, 0.5) is 17.1 Å². The highest BCUT2D eigenvalue weighted by Crippen LogP contribution is 2.65. The van der Waals surface area contributed by atoms with Crippen LogP contribution in [0.2, 0.25) is 0 Å². The van der Waals surface area contributed by atoms with Gasteiger partial charge in [0.15, 0.2) is 0 Å². The molecule has 0 radical (unpaired) electrons. The smallest absolute Gasteiger partial charge is 0.253 e. The summed E-state index contributed by atoms with van der Waals surface area (Å²) >= 11 is 0. The SMILES string of the molecule is C=CCN(C(=O)C1N(CCCCCO)C(=O)[C@@H]2[C@H](C(=O)N(CC=C)c3ccc(OCC)cc3)[C@]3(CC)CCC12O3)c1ccc(N(CC)CC)cc1. The Morgan fingerprint density at radius 1 is 0.882 bits per heavy atom. The molecule has 2 aromatic rings. The van der Waals surface area contributed by atoms with Crippen molar-refractivity contribution < 1.29 is 29.0 Å². The van der Waals surface area contributed by atoms with Gasteiger partial charge >= 0.3 is 0 Å². The lowest BCUT2D eigenvalue weighted by molar-refractivity contribution is -0.146. The van der Waals surface area contributed by atoms with Crippen LogP contribution in [0.1, 0.15) is 66.2 Å². The number of nitrogens with zero attached hydrogens (tertiary/aromatic N) is 4. The summed E-state index contributed by atoms with van der Waals surface area (Å²) in [5, 5.41) is 9.46. The molecule has 10 heteroatoms. The van der Waals surface area contributed by atoms with E-state index in [2.05, 4.69) is 31.9 Å². The third-order valence-electron chi connectivity index (χ3n) is 11.1. The fourth-order valence-electron chi connectivity index (χ4n) is 8.72. The van der Waals surface area contributed by atoms with Gasteiger partial charge in [-0.3, -0.25) is 14.4 Å². The van der Waals surface area contributed by atoms with Crippen molar-refractivity contribution >= 4 is 34.8 Å². The molecule has 1 N–H and O–H groups in total. The molecule has 3 heterocycles. The average Bonchev–Trinajstić information content (AvgIpc) is 3.75. The van der Waals surface area contributed by atoms with Gasteiger partial charge in [0.2, 0.25) is 11.8 Å². The number of amides is 3. The van der Waals surface area contributed by atoms with Crippen molar-refractivity contribution in [2.24, 2.45) is 11.8 Å². The summed E-state index contributed by atoms with van der Waals surface area (Å²) in [7, 11) is 0. The van der Waals surface area contributed by atoms with Crippen LogP contribution in [0.25, 0.3) is 0 Å². The summed E-state index contributed by atoms with van der Waals surface area (Å²) in [6.07, 6.45) is 6.90. The fraction of sp³-hybridized carbons (Fsp3) is 0.537. The molecule has 51 heavy (non-hydrogen) atoms. The van der Waals surface area contributed by atoms with Gasteiger partial charge < -0.3 is 34.2 Å². The number of carbonyl (C=O) groups is 3. The van der Waals surface area contributed by atoms with Gasteiger partial charge in [0.05, 0.1) is 24.0 Å². The normalized spacial score (nSPS) is 24.7. The minimum absolute atomic E-state index is 0.0584. The maximum Gasteiger partial charge on any atom is 0.253 e. The minimum atomic E-state index is -1.17. The zero-order valence-electron chi connectivity index (χ0n) is 30.9. The molecular formula is C41H56N4O6. The number of benzene rings is 2. The van der Waals surface area contributed by atoms with E-state index >= 15 is 4.79 Å². The standard InChI is InChI=1S/C41H56N4O6/c1-7-26-43(32-20-22-33(23-21-32)50-12-6)37(47)34-35-38(48)45(28-14-13-15-29-46)36(41(35)25-24-40(34,9-3)51-41)39(49)44(27-8-2)31-18-16-30(17-19-31)42(10-4)11-5/h7-8,16-23,34-36,46H,1-2,9-15,24-29H2,3-6H3/t34-,35+,36?,40+,41?/m1/s1. The predicted octanol–water partition coefficient (Wildman–Crippen LogP) is 5.99. The molecule has 3 saturated heterocycles. The molecule has 10 nitrogen and oxygen atoms in total. The number of hydrogen-bond acceptors (Lipinski definition) is 7. The first-order valence-corrected chi connectivity index (χ1v) is 18.7. The maximum absolute atomic E-state index is 15.1. The fourth-order valence-corrected chi connectivity index (χ4v) is 8.72. The Hall–Kier alpha value is -4.15. The van der Waals surface area contributed by atoms with Crippen molar-refractivity contribution in [3.05, 3.63) is 73.8 Å². The van der Waals surface area contributed by atoms with Gasteiger partial charge in [-0.2, -0.15) is 0 Å². The average molecular weight is 701 g/mol. The van der Waals surface area contributed by atoms with Crippen LogP contribution >= 0.6 is 0 Å². The lowest BCUT2D eigenvalue weighted by Gasteiger charge is -2.37. The Balaban J connectivity index is 1.56. The second kappa shape index (κ2) is 16.5. The van der Waals surface area contributed by atoms with E-state index in [1.165, 1.54) is 0 Å². The summed E-state index contributed by atoms with van der Waals surface area (Å²) in [5.41, 5.74) is 0.395. The van der Waals surface area contributed by atoms with Gasteiger partial charge in [-0.25, -0.2) is 0 Å². The van der Waals surface area contributed by atoms with Gasteiger partial charge in [-0.15, -0.1) is 13.2 Å². The highest BCUT2D eigenvalue weighted by atomic mass is 16.5. The number of rotatable bonds is 19. The Labute approximate surface area is 303 Å². The Kier molecular flexibility index (Phi) is 12.3. The molecule has 1 spiro atoms. The predicted molar refractivity (Wildman–Crippen MR) is 202 cm³/mol. The van der Waals surface area contributed by atoms with Crippen molar-refractivity contribution in [1.29, 1.82) is 0 Å². The number of carbonyl (C=O) groups excluding carboxylic acids is 3. The van der Waals surface area contributed by atoms with E-state index < -0.39 is 29.1 Å². The molecule has 3 amide bonds. The zero-order chi connectivity index (χ0) is 36.8. The summed E-state index contributed by atoms with van der Waals surface area (Å²) in [6.45, 7) is 19.2. The number of ether oxygens (including phenoxy) is 2. The first kappa shape index (κ1) is 38.1. The van der Waals surface area contributed by atoms with Crippen LogP contribution in [0.3, 0.4) is 0 Å². The maximum atomic E-state index is 15.1. The van der Waals surface area contributed by atoms with E-state index in [1.807, 2.05) is 62.4 Å². The van der Waals surface area contributed by atoms with E-state index in [4.69, 9.17) is 9.47 Å². The number of likely N-dealkylation sites (tertiary alicyclic amines) is 1. The first-order chi connectivity index (χ1) is 24.7. The van der Waals surface area contributed by atoms with Crippen molar-refractivity contribution in [2.75, 3.05) is 60.6 Å². The second-order valence-corrected chi connectivity index (χ2v) is 13.7. The third kappa shape index (κ3) is 6.92. The number of hydrogen-bond donors (Lipinski definition) is 1. The Morgan fingerprint density at radius 2 is 1.47 bits per heavy atom. The minimum Gasteiger partial charge on any atom is -0.494 e. The molecule has 2 bridgehead atoms. The van der Waals surface area contributed by atoms with Crippen LogP contribution < -0.4 is 19.4 Å². The van der Waals surface area contributed by atoms with Crippen molar-refractivity contribution in [1.82, 2.24) is 4.90 Å². The topological polar surface area (TPSA) is 103 Å². The highest BCUT2D eigenvalue weighted by Gasteiger charge is 2.79. The number of fused-ring (bicyclic) bond motifs is 1. The van der Waals surface area contributed by atoms with E-state index in [-0.39, 0.29) is 37.4 Å². The summed E-state index contributed by atoms with van der Waals surface area (Å²) in [6, 6.07) is 14.4. The van der Waals surface area contributed by atoms with E-state index in [0.29, 0.717) is 68.8 Å². The van der Waals surface area contributed by atoms with Gasteiger partial charge in [0.25, 0.3) is 5.91 Å². The molecule has 5 rings (SSSR count). The van der Waals surface area contributed by atoms with Gasteiger partial charge in [-0.05, 0) is 108 Å². The quantitative estimate of drug-likeness (QED) is 0.142. The zero-order valence-corrected chi connectivity index (χ0v) is 30.9. The van der Waals surface area contributed by atoms with Crippen LogP contribution in [0.5, 0.6) is 5.75 Å². The van der Waals surface area contributed by atoms with Crippen molar-refractivity contribution in [3.8, 4) is 5.75 Å². The second-order valence-electron chi connectivity index (χ2n) is 13.7. The van der Waals surface area contributed by atoms with Crippen molar-refractivity contribution in [2.45, 2.75) is 83.5 Å². The van der Waals surface area contributed by atoms with E-state index in [9.17, 15) is 14.7 Å². The Morgan fingerprint density at radius 3 is 2.02 bits per heavy atom. The molecule has 0 aromatic heterocycles. The van der Waals surface area contributed by atoms with Crippen LogP contribution in [0, 0.1) is 11.8 Å². The number of aliphatic hydroxyl groups is 1. The monoisotopic (exact) mass is 700 g/mol. The molecule has 2 unspecified atom stereocenters. The van der Waals surface area contributed by atoms with E-state index in [0.717, 1.165) is 18.8 Å². The molecule has 0 saturated carbocycles. The van der Waals surface area contributed by atoms with Gasteiger partial charge in [0.1, 0.15) is 17.4 Å². The Bertz CT molecular complexity index is 1540. The van der Waals surface area contributed by atoms with Crippen LogP contribution in [-0.2, 0) is 19.1 Å². The number of unbranched alkanes of at least 4 members (excludes halogenated alkanes) is 2. The summed E-state index contributed by atoms with van der Waals surface area (Å²) in [5.74, 6) is -1.56. The number of anilines is 3. The molecular weight excluding hydrogens is 644 g/mol. The summed E-state index contributed by atoms with van der Waals surface area (Å²) in [4.78, 5) is 52.2. The molecule has 0 aliphatic carbocycles.